The van der Waals surface area contributed by atoms with Crippen LogP contribution in [0.15, 0.2) is 30.6 Å². The van der Waals surface area contributed by atoms with E-state index in [0.29, 0.717) is 17.8 Å². The van der Waals surface area contributed by atoms with Crippen molar-refractivity contribution in [2.45, 2.75) is 6.54 Å². The number of benzene rings is 1. The normalized spacial score (nSPS) is 10.5. The van der Waals surface area contributed by atoms with E-state index in [1.165, 1.54) is 6.07 Å². The molecule has 0 bridgehead atoms. The van der Waals surface area contributed by atoms with Gasteiger partial charge in [-0.2, -0.15) is 5.10 Å². The number of nitrogens with one attached hydrogen (secondary N) is 1. The van der Waals surface area contributed by atoms with Crippen LogP contribution in [-0.4, -0.2) is 22.7 Å². The molecule has 5 nitrogen and oxygen atoms in total. The number of rotatable bonds is 4. The number of aromatic nitrogens is 2. The maximum Gasteiger partial charge on any atom is 0.147 e. The van der Waals surface area contributed by atoms with E-state index in [2.05, 4.69) is 5.10 Å². The van der Waals surface area contributed by atoms with Gasteiger partial charge in [0.2, 0.25) is 0 Å². The lowest BCUT2D eigenvalue weighted by Gasteiger charge is -2.19. The molecule has 0 unspecified atom stereocenters. The molecule has 0 spiro atoms. The zero-order valence-electron chi connectivity index (χ0n) is 10.9. The molecule has 1 heterocycles. The van der Waals surface area contributed by atoms with Crippen molar-refractivity contribution in [2.75, 3.05) is 11.9 Å². The third-order valence-electron chi connectivity index (χ3n) is 2.85. The van der Waals surface area contributed by atoms with Crippen molar-refractivity contribution in [1.82, 2.24) is 9.78 Å². The minimum absolute atomic E-state index is 0.139. The average Bonchev–Trinajstić information content (AvgIpc) is 2.74. The lowest BCUT2D eigenvalue weighted by molar-refractivity contribution is 0.622. The van der Waals surface area contributed by atoms with Gasteiger partial charge in [0.1, 0.15) is 11.7 Å². The highest BCUT2D eigenvalue weighted by atomic mass is 19.1. The van der Waals surface area contributed by atoms with E-state index < -0.39 is 0 Å². The van der Waals surface area contributed by atoms with Gasteiger partial charge in [-0.15, -0.1) is 0 Å². The number of nitrogens with two attached hydrogens (primary N) is 1. The molecule has 100 valence electrons. The lowest BCUT2D eigenvalue weighted by Crippen LogP contribution is -2.18. The van der Waals surface area contributed by atoms with Crippen LogP contribution in [0.2, 0.25) is 0 Å². The SMILES string of the molecule is CN(Cc1cnn(C)c1)c1ccc(C(=N)N)cc1F. The summed E-state index contributed by atoms with van der Waals surface area (Å²) in [6.45, 7) is 0.560. The number of amidine groups is 1. The van der Waals surface area contributed by atoms with Crippen molar-refractivity contribution in [1.29, 1.82) is 5.41 Å². The second kappa shape index (κ2) is 5.09. The summed E-state index contributed by atoms with van der Waals surface area (Å²) in [5.74, 6) is -0.528. The van der Waals surface area contributed by atoms with Gasteiger partial charge in [-0.05, 0) is 18.2 Å². The Bertz CT molecular complexity index is 605. The number of hydrogen-bond acceptors (Lipinski definition) is 3. The summed E-state index contributed by atoms with van der Waals surface area (Å²) in [5.41, 5.74) is 7.18. The fourth-order valence-electron chi connectivity index (χ4n) is 1.90. The van der Waals surface area contributed by atoms with Gasteiger partial charge in [0.15, 0.2) is 0 Å². The fraction of sp³-hybridized carbons (Fsp3) is 0.231. The maximum atomic E-state index is 14.0. The van der Waals surface area contributed by atoms with Crippen LogP contribution in [0.3, 0.4) is 0 Å². The Balaban J connectivity index is 2.19. The summed E-state index contributed by atoms with van der Waals surface area (Å²) in [5, 5.41) is 11.4. The van der Waals surface area contributed by atoms with E-state index in [-0.39, 0.29) is 11.7 Å². The average molecular weight is 261 g/mol. The van der Waals surface area contributed by atoms with Crippen molar-refractivity contribution < 1.29 is 4.39 Å². The third-order valence-corrected chi connectivity index (χ3v) is 2.85. The largest absolute Gasteiger partial charge is 0.384 e. The van der Waals surface area contributed by atoms with Gasteiger partial charge in [0.25, 0.3) is 0 Å². The van der Waals surface area contributed by atoms with E-state index >= 15 is 0 Å². The summed E-state index contributed by atoms with van der Waals surface area (Å²) >= 11 is 0. The molecule has 2 rings (SSSR count). The van der Waals surface area contributed by atoms with Crippen molar-refractivity contribution >= 4 is 11.5 Å². The molecule has 0 fully saturated rings. The van der Waals surface area contributed by atoms with Crippen LogP contribution in [0.5, 0.6) is 0 Å². The molecule has 6 heteroatoms. The van der Waals surface area contributed by atoms with Gasteiger partial charge >= 0.3 is 0 Å². The molecule has 0 saturated heterocycles. The van der Waals surface area contributed by atoms with Crippen LogP contribution < -0.4 is 10.6 Å². The number of nitrogen functional groups attached to an aromatic ring is 1. The number of hydrogen-bond donors (Lipinski definition) is 2. The van der Waals surface area contributed by atoms with Crippen molar-refractivity contribution in [3.63, 3.8) is 0 Å². The molecule has 0 aliphatic carbocycles. The van der Waals surface area contributed by atoms with Crippen molar-refractivity contribution in [3.8, 4) is 0 Å². The smallest absolute Gasteiger partial charge is 0.147 e. The molecule has 0 radical (unpaired) electrons. The summed E-state index contributed by atoms with van der Waals surface area (Å²) in [4.78, 5) is 1.79. The maximum absolute atomic E-state index is 14.0. The molecule has 0 amide bonds. The van der Waals surface area contributed by atoms with E-state index in [0.717, 1.165) is 5.56 Å². The number of halogens is 1. The summed E-state index contributed by atoms with van der Waals surface area (Å²) in [6, 6.07) is 4.54. The molecule has 1 aromatic carbocycles. The molecule has 2 aromatic rings. The molecule has 0 atom stereocenters. The van der Waals surface area contributed by atoms with Gasteiger partial charge in [0.05, 0.1) is 11.9 Å². The summed E-state index contributed by atoms with van der Waals surface area (Å²) in [7, 11) is 3.64. The topological polar surface area (TPSA) is 70.9 Å². The zero-order valence-corrected chi connectivity index (χ0v) is 10.9. The van der Waals surface area contributed by atoms with Gasteiger partial charge in [-0.3, -0.25) is 10.1 Å². The first-order chi connectivity index (χ1) is 8.97. The second-order valence-electron chi connectivity index (χ2n) is 4.46. The number of nitrogens with zero attached hydrogens (tertiary/aromatic N) is 3. The third kappa shape index (κ3) is 2.90. The molecule has 1 aromatic heterocycles. The van der Waals surface area contributed by atoms with E-state index in [1.807, 2.05) is 13.2 Å². The Kier molecular flexibility index (Phi) is 3.50. The van der Waals surface area contributed by atoms with Gasteiger partial charge in [0, 0.05) is 38.0 Å². The zero-order chi connectivity index (χ0) is 14.0. The van der Waals surface area contributed by atoms with Gasteiger partial charge < -0.3 is 10.6 Å². The monoisotopic (exact) mass is 261 g/mol. The Morgan fingerprint density at radius 1 is 1.53 bits per heavy atom. The van der Waals surface area contributed by atoms with E-state index in [9.17, 15) is 4.39 Å². The number of anilines is 1. The van der Waals surface area contributed by atoms with Crippen LogP contribution >= 0.6 is 0 Å². The van der Waals surface area contributed by atoms with Crippen LogP contribution in [-0.2, 0) is 13.6 Å². The summed E-state index contributed by atoms with van der Waals surface area (Å²) < 4.78 is 15.7. The second-order valence-corrected chi connectivity index (χ2v) is 4.46. The predicted molar refractivity (Wildman–Crippen MR) is 72.7 cm³/mol. The molecule has 0 aliphatic rings. The Morgan fingerprint density at radius 2 is 2.26 bits per heavy atom. The molecule has 3 N–H and O–H groups in total. The standard InChI is InChI=1S/C13H16FN5/c1-18(7-9-6-17-19(2)8-9)12-4-3-10(13(15)16)5-11(12)14/h3-6,8H,7H2,1-2H3,(H3,15,16). The Morgan fingerprint density at radius 3 is 2.79 bits per heavy atom. The van der Waals surface area contributed by atoms with Crippen LogP contribution in [0.1, 0.15) is 11.1 Å². The van der Waals surface area contributed by atoms with Crippen molar-refractivity contribution in [3.05, 3.63) is 47.5 Å². The van der Waals surface area contributed by atoms with E-state index in [4.69, 9.17) is 11.1 Å². The van der Waals surface area contributed by atoms with Gasteiger partial charge in [-0.25, -0.2) is 4.39 Å². The highest BCUT2D eigenvalue weighted by Crippen LogP contribution is 2.21. The van der Waals surface area contributed by atoms with Crippen molar-refractivity contribution in [2.24, 2.45) is 12.8 Å². The number of aryl methyl sites for hydroxylation is 1. The quantitative estimate of drug-likeness (QED) is 0.647. The highest BCUT2D eigenvalue weighted by Gasteiger charge is 2.10. The fourth-order valence-corrected chi connectivity index (χ4v) is 1.90. The lowest BCUT2D eigenvalue weighted by atomic mass is 10.1. The molecular formula is C13H16FN5. The van der Waals surface area contributed by atoms with E-state index in [1.54, 1.807) is 35.0 Å². The molecule has 0 aliphatic heterocycles. The first-order valence-corrected chi connectivity index (χ1v) is 5.80. The molecule has 19 heavy (non-hydrogen) atoms. The Labute approximate surface area is 111 Å². The summed E-state index contributed by atoms with van der Waals surface area (Å²) in [6.07, 6.45) is 3.64. The molecular weight excluding hydrogens is 245 g/mol. The van der Waals surface area contributed by atoms with Crippen LogP contribution in [0.25, 0.3) is 0 Å². The van der Waals surface area contributed by atoms with Gasteiger partial charge in [-0.1, -0.05) is 0 Å². The van der Waals surface area contributed by atoms with Crippen LogP contribution in [0, 0.1) is 11.2 Å². The first kappa shape index (κ1) is 13.1. The van der Waals surface area contributed by atoms with Crippen LogP contribution in [0.4, 0.5) is 10.1 Å². The minimum Gasteiger partial charge on any atom is -0.384 e. The first-order valence-electron chi connectivity index (χ1n) is 5.80. The minimum atomic E-state index is -0.390. The molecule has 0 saturated carbocycles. The highest BCUT2D eigenvalue weighted by molar-refractivity contribution is 5.95. The Hall–Kier alpha value is -2.37. The predicted octanol–water partition coefficient (Wildman–Crippen LogP) is 1.48.